The molecular formula is C23H36N4O6. The highest BCUT2D eigenvalue weighted by Crippen LogP contribution is 2.30. The molecule has 2 amide bonds. The second-order valence-electron chi connectivity index (χ2n) is 8.89. The van der Waals surface area contributed by atoms with Crippen LogP contribution >= 0.6 is 0 Å². The number of methoxy groups -OCH3 is 1. The Balaban J connectivity index is 1.72. The monoisotopic (exact) mass is 464 g/mol. The molecule has 10 heteroatoms. The second-order valence-corrected chi connectivity index (χ2v) is 8.89. The Morgan fingerprint density at radius 2 is 2.06 bits per heavy atom. The molecule has 3 rings (SSSR count). The van der Waals surface area contributed by atoms with E-state index in [9.17, 15) is 14.4 Å². The van der Waals surface area contributed by atoms with Crippen LogP contribution in [0.1, 0.15) is 57.1 Å². The number of imidazole rings is 1. The van der Waals surface area contributed by atoms with Crippen LogP contribution < -0.4 is 5.32 Å². The first-order chi connectivity index (χ1) is 16.0. The fourth-order valence-corrected chi connectivity index (χ4v) is 4.79. The first kappa shape index (κ1) is 25.2. The summed E-state index contributed by atoms with van der Waals surface area (Å²) in [5, 5.41) is 11.9. The van der Waals surface area contributed by atoms with Crippen molar-refractivity contribution in [2.45, 2.75) is 76.0 Å². The van der Waals surface area contributed by atoms with Gasteiger partial charge < -0.3 is 29.8 Å². The summed E-state index contributed by atoms with van der Waals surface area (Å²) in [7, 11) is 1.31. The topological polar surface area (TPSA) is 134 Å². The Morgan fingerprint density at radius 3 is 2.73 bits per heavy atom. The van der Waals surface area contributed by atoms with Gasteiger partial charge in [-0.05, 0) is 31.6 Å². The van der Waals surface area contributed by atoms with E-state index in [0.29, 0.717) is 31.6 Å². The number of likely N-dealkylation sites (tertiary alicyclic amines) is 1. The molecule has 1 aliphatic heterocycles. The van der Waals surface area contributed by atoms with Crippen LogP contribution in [0.2, 0.25) is 0 Å². The number of hydrogen-bond acceptors (Lipinski definition) is 7. The molecule has 3 N–H and O–H groups in total. The number of nitrogens with zero attached hydrogens (tertiary/aromatic N) is 2. The van der Waals surface area contributed by atoms with Gasteiger partial charge in [-0.25, -0.2) is 9.78 Å². The van der Waals surface area contributed by atoms with Gasteiger partial charge in [-0.1, -0.05) is 19.3 Å². The Bertz CT molecular complexity index is 765. The average molecular weight is 465 g/mol. The Hall–Kier alpha value is -2.46. The number of rotatable bonds is 11. The third-order valence-electron chi connectivity index (χ3n) is 6.53. The molecular weight excluding hydrogens is 428 g/mol. The number of aliphatic hydroxyl groups excluding tert-OH is 1. The summed E-state index contributed by atoms with van der Waals surface area (Å²) in [5.41, 5.74) is 0.673. The lowest BCUT2D eigenvalue weighted by atomic mass is 9.83. The molecule has 33 heavy (non-hydrogen) atoms. The van der Waals surface area contributed by atoms with Gasteiger partial charge in [-0.2, -0.15) is 0 Å². The molecule has 0 radical (unpaired) electrons. The van der Waals surface area contributed by atoms with Gasteiger partial charge in [0.05, 0.1) is 26.0 Å². The third-order valence-corrected chi connectivity index (χ3v) is 6.53. The Morgan fingerprint density at radius 1 is 1.27 bits per heavy atom. The maximum Gasteiger partial charge on any atom is 0.328 e. The van der Waals surface area contributed by atoms with Crippen molar-refractivity contribution in [2.24, 2.45) is 5.92 Å². The summed E-state index contributed by atoms with van der Waals surface area (Å²) >= 11 is 0. The molecule has 1 aromatic rings. The summed E-state index contributed by atoms with van der Waals surface area (Å²) in [4.78, 5) is 47.3. The predicted molar refractivity (Wildman–Crippen MR) is 119 cm³/mol. The minimum atomic E-state index is -0.735. The second kappa shape index (κ2) is 12.7. The van der Waals surface area contributed by atoms with Gasteiger partial charge in [0.15, 0.2) is 0 Å². The quantitative estimate of drug-likeness (QED) is 0.328. The standard InChI is InChI=1S/C23H36N4O6/c1-32-23(31)19-12-18(33-10-6-5-9-28)14-27(19)22(30)21(16-7-3-2-4-8-16)26-20(29)11-17-13-24-15-25-17/h13,15-16,18-19,21,28H,2-12,14H2,1H3,(H,24,25)(H,26,29). The summed E-state index contributed by atoms with van der Waals surface area (Å²) < 4.78 is 10.8. The zero-order chi connectivity index (χ0) is 23.6. The van der Waals surface area contributed by atoms with Gasteiger partial charge in [0, 0.05) is 38.1 Å². The van der Waals surface area contributed by atoms with Crippen LogP contribution in [-0.4, -0.2) is 82.8 Å². The highest BCUT2D eigenvalue weighted by Gasteiger charge is 2.44. The first-order valence-electron chi connectivity index (χ1n) is 11.9. The summed E-state index contributed by atoms with van der Waals surface area (Å²) in [6.45, 7) is 0.830. The van der Waals surface area contributed by atoms with E-state index in [1.54, 1.807) is 6.20 Å². The van der Waals surface area contributed by atoms with Gasteiger partial charge in [-0.3, -0.25) is 9.59 Å². The number of carbonyl (C=O) groups excluding carboxylic acids is 3. The summed E-state index contributed by atoms with van der Waals surface area (Å²) in [5.74, 6) is -0.957. The SMILES string of the molecule is COC(=O)C1CC(OCCCCO)CN1C(=O)C(NC(=O)Cc1cnc[nH]1)C1CCCCC1. The van der Waals surface area contributed by atoms with Crippen LogP contribution in [0.25, 0.3) is 0 Å². The molecule has 2 fully saturated rings. The normalized spacial score (nSPS) is 22.2. The zero-order valence-corrected chi connectivity index (χ0v) is 19.3. The van der Waals surface area contributed by atoms with Crippen LogP contribution in [0.3, 0.4) is 0 Å². The van der Waals surface area contributed by atoms with Crippen LogP contribution in [0.15, 0.2) is 12.5 Å². The predicted octanol–water partition coefficient (Wildman–Crippen LogP) is 0.949. The van der Waals surface area contributed by atoms with Crippen molar-refractivity contribution in [2.75, 3.05) is 26.9 Å². The highest BCUT2D eigenvalue weighted by molar-refractivity contribution is 5.92. The number of hydrogen-bond donors (Lipinski definition) is 3. The number of aromatic amines is 1. The van der Waals surface area contributed by atoms with Crippen molar-refractivity contribution in [3.8, 4) is 0 Å². The first-order valence-corrected chi connectivity index (χ1v) is 11.9. The van der Waals surface area contributed by atoms with E-state index in [4.69, 9.17) is 14.6 Å². The molecule has 1 aromatic heterocycles. The van der Waals surface area contributed by atoms with Crippen molar-refractivity contribution in [1.82, 2.24) is 20.2 Å². The van der Waals surface area contributed by atoms with Crippen molar-refractivity contribution >= 4 is 17.8 Å². The number of nitrogens with one attached hydrogen (secondary N) is 2. The number of carbonyl (C=O) groups is 3. The number of ether oxygens (including phenoxy) is 2. The van der Waals surface area contributed by atoms with E-state index in [-0.39, 0.29) is 43.4 Å². The van der Waals surface area contributed by atoms with Crippen LogP contribution in [0.4, 0.5) is 0 Å². The van der Waals surface area contributed by atoms with E-state index in [0.717, 1.165) is 32.1 Å². The van der Waals surface area contributed by atoms with E-state index in [1.807, 2.05) is 0 Å². The van der Waals surface area contributed by atoms with Crippen molar-refractivity contribution in [3.63, 3.8) is 0 Å². The van der Waals surface area contributed by atoms with Crippen molar-refractivity contribution in [3.05, 3.63) is 18.2 Å². The third kappa shape index (κ3) is 7.01. The lowest BCUT2D eigenvalue weighted by Crippen LogP contribution is -2.55. The zero-order valence-electron chi connectivity index (χ0n) is 19.3. The molecule has 2 aliphatic rings. The lowest BCUT2D eigenvalue weighted by Gasteiger charge is -2.34. The highest BCUT2D eigenvalue weighted by atomic mass is 16.5. The van der Waals surface area contributed by atoms with Gasteiger partial charge in [-0.15, -0.1) is 0 Å². The molecule has 1 saturated carbocycles. The molecule has 3 unspecified atom stereocenters. The van der Waals surface area contributed by atoms with Crippen molar-refractivity contribution < 1.29 is 29.0 Å². The smallest absolute Gasteiger partial charge is 0.328 e. The van der Waals surface area contributed by atoms with Gasteiger partial charge >= 0.3 is 5.97 Å². The fraction of sp³-hybridized carbons (Fsp3) is 0.739. The fourth-order valence-electron chi connectivity index (χ4n) is 4.79. The Kier molecular flexibility index (Phi) is 9.68. The summed E-state index contributed by atoms with van der Waals surface area (Å²) in [6.07, 6.45) is 9.50. The largest absolute Gasteiger partial charge is 0.467 e. The molecule has 3 atom stereocenters. The van der Waals surface area contributed by atoms with Gasteiger partial charge in [0.2, 0.25) is 11.8 Å². The molecule has 2 heterocycles. The number of aromatic nitrogens is 2. The van der Waals surface area contributed by atoms with Crippen LogP contribution in [0.5, 0.6) is 0 Å². The van der Waals surface area contributed by atoms with Crippen LogP contribution in [-0.2, 0) is 30.3 Å². The van der Waals surface area contributed by atoms with E-state index in [1.165, 1.54) is 18.3 Å². The maximum atomic E-state index is 13.7. The minimum Gasteiger partial charge on any atom is -0.467 e. The van der Waals surface area contributed by atoms with Crippen LogP contribution in [0, 0.1) is 5.92 Å². The number of unbranched alkanes of at least 4 members (excludes halogenated alkanes) is 1. The minimum absolute atomic E-state index is 0.0276. The van der Waals surface area contributed by atoms with E-state index < -0.39 is 18.1 Å². The molecule has 1 aliphatic carbocycles. The van der Waals surface area contributed by atoms with Gasteiger partial charge in [0.25, 0.3) is 0 Å². The maximum absolute atomic E-state index is 13.7. The number of aliphatic hydroxyl groups is 1. The molecule has 184 valence electrons. The molecule has 0 aromatic carbocycles. The Labute approximate surface area is 194 Å². The number of amides is 2. The van der Waals surface area contributed by atoms with E-state index >= 15 is 0 Å². The van der Waals surface area contributed by atoms with Crippen molar-refractivity contribution in [1.29, 1.82) is 0 Å². The summed E-state index contributed by atoms with van der Waals surface area (Å²) in [6, 6.07) is -1.43. The average Bonchev–Trinajstić information content (AvgIpc) is 3.50. The molecule has 0 spiro atoms. The lowest BCUT2D eigenvalue weighted by molar-refractivity contribution is -0.152. The van der Waals surface area contributed by atoms with Gasteiger partial charge in [0.1, 0.15) is 12.1 Å². The molecule has 0 bridgehead atoms. The molecule has 10 nitrogen and oxygen atoms in total. The number of esters is 1. The molecule has 1 saturated heterocycles. The van der Waals surface area contributed by atoms with E-state index in [2.05, 4.69) is 15.3 Å². The number of H-pyrrole nitrogens is 1.